The van der Waals surface area contributed by atoms with Crippen molar-refractivity contribution in [3.63, 3.8) is 0 Å². The molecule has 0 unspecified atom stereocenters. The molecule has 0 radical (unpaired) electrons. The monoisotopic (exact) mass is 255 g/mol. The zero-order chi connectivity index (χ0) is 11.6. The number of hydrogen-bond acceptors (Lipinski definition) is 2. The molecule has 0 atom stereocenters. The molecule has 1 aromatic carbocycles. The molecule has 0 aliphatic rings. The summed E-state index contributed by atoms with van der Waals surface area (Å²) in [5.41, 5.74) is 0.0584. The molecule has 0 aliphatic carbocycles. The van der Waals surface area contributed by atoms with Crippen LogP contribution in [0.3, 0.4) is 0 Å². The molecule has 0 spiro atoms. The van der Waals surface area contributed by atoms with Gasteiger partial charge >= 0.3 is 0 Å². The Morgan fingerprint density at radius 2 is 2.00 bits per heavy atom. The molecule has 0 amide bonds. The fourth-order valence-electron chi connectivity index (χ4n) is 0.967. The molecule has 0 fully saturated rings. The van der Waals surface area contributed by atoms with Crippen LogP contribution in [-0.4, -0.2) is 19.8 Å². The van der Waals surface area contributed by atoms with Gasteiger partial charge in [-0.05, 0) is 6.07 Å². The van der Waals surface area contributed by atoms with Crippen LogP contribution >= 0.6 is 10.7 Å². The number of rotatable bonds is 3. The number of benzene rings is 1. The van der Waals surface area contributed by atoms with Gasteiger partial charge in [0.15, 0.2) is 0 Å². The maximum atomic E-state index is 13.1. The summed E-state index contributed by atoms with van der Waals surface area (Å²) < 4.78 is 48.0. The molecule has 1 rings (SSSR count). The van der Waals surface area contributed by atoms with Crippen molar-refractivity contribution >= 4 is 19.9 Å². The molecule has 3 nitrogen and oxygen atoms in total. The quantitative estimate of drug-likeness (QED) is 0.774. The van der Waals surface area contributed by atoms with Crippen LogP contribution in [0.1, 0.15) is 5.56 Å². The first-order chi connectivity index (χ1) is 6.80. The summed E-state index contributed by atoms with van der Waals surface area (Å²) in [7, 11) is 2.34. The van der Waals surface area contributed by atoms with Crippen molar-refractivity contribution in [3.05, 3.63) is 35.4 Å². The lowest BCUT2D eigenvalue weighted by Gasteiger charge is -2.12. The van der Waals surface area contributed by atoms with Crippen molar-refractivity contribution in [1.82, 2.24) is 4.31 Å². The maximum absolute atomic E-state index is 13.1. The Morgan fingerprint density at radius 3 is 2.47 bits per heavy atom. The van der Waals surface area contributed by atoms with Crippen molar-refractivity contribution in [2.45, 2.75) is 6.54 Å². The fraction of sp³-hybridized carbons (Fsp3) is 0.250. The first-order valence-electron chi connectivity index (χ1n) is 3.90. The van der Waals surface area contributed by atoms with Gasteiger partial charge in [0.05, 0.1) is 0 Å². The molecular formula is C8H8ClF2NO2S. The summed E-state index contributed by atoms with van der Waals surface area (Å²) in [4.78, 5) is 0. The minimum Gasteiger partial charge on any atom is -0.207 e. The van der Waals surface area contributed by atoms with Crippen LogP contribution < -0.4 is 0 Å². The van der Waals surface area contributed by atoms with E-state index in [1.165, 1.54) is 13.1 Å². The first-order valence-corrected chi connectivity index (χ1v) is 6.17. The summed E-state index contributed by atoms with van der Waals surface area (Å²) in [5.74, 6) is -1.52. The van der Waals surface area contributed by atoms with Crippen molar-refractivity contribution < 1.29 is 17.2 Å². The first kappa shape index (κ1) is 12.4. The van der Waals surface area contributed by atoms with Gasteiger partial charge in [0.1, 0.15) is 11.6 Å². The molecular weight excluding hydrogens is 248 g/mol. The van der Waals surface area contributed by atoms with E-state index in [9.17, 15) is 17.2 Å². The van der Waals surface area contributed by atoms with Crippen LogP contribution in [0.2, 0.25) is 0 Å². The molecule has 0 bridgehead atoms. The van der Waals surface area contributed by atoms with E-state index in [4.69, 9.17) is 10.7 Å². The topological polar surface area (TPSA) is 37.4 Å². The molecule has 0 saturated carbocycles. The molecule has 0 heterocycles. The Morgan fingerprint density at radius 1 is 1.40 bits per heavy atom. The van der Waals surface area contributed by atoms with E-state index in [-0.39, 0.29) is 12.1 Å². The van der Waals surface area contributed by atoms with Gasteiger partial charge in [0.25, 0.3) is 9.24 Å². The van der Waals surface area contributed by atoms with Gasteiger partial charge in [-0.1, -0.05) is 6.07 Å². The van der Waals surface area contributed by atoms with Crippen LogP contribution in [0.5, 0.6) is 0 Å². The van der Waals surface area contributed by atoms with E-state index >= 15 is 0 Å². The van der Waals surface area contributed by atoms with Crippen molar-refractivity contribution in [3.8, 4) is 0 Å². The van der Waals surface area contributed by atoms with Gasteiger partial charge in [0.2, 0.25) is 0 Å². The Hall–Kier alpha value is -0.720. The van der Waals surface area contributed by atoms with Gasteiger partial charge in [-0.3, -0.25) is 0 Å². The molecule has 0 aromatic heterocycles. The third-order valence-corrected chi connectivity index (χ3v) is 3.36. The third kappa shape index (κ3) is 3.40. The molecule has 1 aromatic rings. The van der Waals surface area contributed by atoms with E-state index in [0.29, 0.717) is 6.07 Å². The molecule has 15 heavy (non-hydrogen) atoms. The average Bonchev–Trinajstić information content (AvgIpc) is 2.08. The van der Waals surface area contributed by atoms with Crippen LogP contribution in [0.15, 0.2) is 18.2 Å². The minimum atomic E-state index is -3.88. The molecule has 0 aliphatic heterocycles. The van der Waals surface area contributed by atoms with Crippen molar-refractivity contribution in [2.75, 3.05) is 7.05 Å². The van der Waals surface area contributed by atoms with Gasteiger partial charge in [0, 0.05) is 35.9 Å². The highest BCUT2D eigenvalue weighted by molar-refractivity contribution is 8.11. The smallest absolute Gasteiger partial charge is 0.207 e. The highest BCUT2D eigenvalue weighted by Crippen LogP contribution is 2.14. The predicted octanol–water partition coefficient (Wildman–Crippen LogP) is 1.88. The number of hydrogen-bond donors (Lipinski definition) is 0. The van der Waals surface area contributed by atoms with E-state index < -0.39 is 20.9 Å². The molecule has 7 heteroatoms. The molecule has 0 saturated heterocycles. The van der Waals surface area contributed by atoms with Gasteiger partial charge in [-0.25, -0.2) is 8.78 Å². The Labute approximate surface area is 90.8 Å². The second-order valence-corrected chi connectivity index (χ2v) is 5.55. The van der Waals surface area contributed by atoms with Crippen LogP contribution in [0.4, 0.5) is 8.78 Å². The van der Waals surface area contributed by atoms with Crippen LogP contribution in [-0.2, 0) is 15.8 Å². The summed E-state index contributed by atoms with van der Waals surface area (Å²) in [5, 5.41) is 0. The summed E-state index contributed by atoms with van der Waals surface area (Å²) in [6.07, 6.45) is 0. The molecule has 84 valence electrons. The predicted molar refractivity (Wildman–Crippen MR) is 52.6 cm³/mol. The van der Waals surface area contributed by atoms with Crippen LogP contribution in [0, 0.1) is 11.6 Å². The lowest BCUT2D eigenvalue weighted by atomic mass is 10.2. The summed E-state index contributed by atoms with van der Waals surface area (Å²) >= 11 is 0. The van der Waals surface area contributed by atoms with Gasteiger partial charge < -0.3 is 0 Å². The zero-order valence-electron chi connectivity index (χ0n) is 7.75. The van der Waals surface area contributed by atoms with E-state index in [1.807, 2.05) is 0 Å². The lowest BCUT2D eigenvalue weighted by Crippen LogP contribution is -2.22. The van der Waals surface area contributed by atoms with Crippen molar-refractivity contribution in [2.24, 2.45) is 0 Å². The minimum absolute atomic E-state index is 0.0584. The van der Waals surface area contributed by atoms with Crippen LogP contribution in [0.25, 0.3) is 0 Å². The molecule has 0 N–H and O–H groups in total. The zero-order valence-corrected chi connectivity index (χ0v) is 9.32. The maximum Gasteiger partial charge on any atom is 0.299 e. The Bertz CT molecular complexity index is 464. The lowest BCUT2D eigenvalue weighted by molar-refractivity contribution is 0.466. The highest BCUT2D eigenvalue weighted by Gasteiger charge is 2.16. The highest BCUT2D eigenvalue weighted by atomic mass is 35.7. The van der Waals surface area contributed by atoms with E-state index in [0.717, 1.165) is 10.4 Å². The number of halogens is 3. The van der Waals surface area contributed by atoms with E-state index in [1.54, 1.807) is 0 Å². The second-order valence-electron chi connectivity index (χ2n) is 2.93. The second kappa shape index (κ2) is 4.42. The van der Waals surface area contributed by atoms with E-state index in [2.05, 4.69) is 0 Å². The SMILES string of the molecule is CN(Cc1ccc(F)cc1F)S(=O)(=O)Cl. The summed E-state index contributed by atoms with van der Waals surface area (Å²) in [6, 6.07) is 2.90. The van der Waals surface area contributed by atoms with Gasteiger partial charge in [-0.15, -0.1) is 0 Å². The Kier molecular flexibility index (Phi) is 3.64. The number of nitrogens with zero attached hydrogens (tertiary/aromatic N) is 1. The average molecular weight is 256 g/mol. The third-order valence-electron chi connectivity index (χ3n) is 1.78. The van der Waals surface area contributed by atoms with Crippen molar-refractivity contribution in [1.29, 1.82) is 0 Å². The largest absolute Gasteiger partial charge is 0.299 e. The fourth-order valence-corrected chi connectivity index (χ4v) is 1.41. The summed E-state index contributed by atoms with van der Waals surface area (Å²) in [6.45, 7) is -0.238. The standard InChI is InChI=1S/C8H8ClF2NO2S/c1-12(15(9,13)14)5-6-2-3-7(10)4-8(6)11/h2-4H,5H2,1H3. The Balaban J connectivity index is 2.91. The van der Waals surface area contributed by atoms with Gasteiger partial charge in [-0.2, -0.15) is 12.7 Å². The normalized spacial score (nSPS) is 12.1.